The molecule has 0 bridgehead atoms. The predicted molar refractivity (Wildman–Crippen MR) is 115 cm³/mol. The maximum Gasteiger partial charge on any atom is 0.182 e. The highest BCUT2D eigenvalue weighted by Crippen LogP contribution is 2.22. The lowest BCUT2D eigenvalue weighted by Crippen LogP contribution is -2.28. The van der Waals surface area contributed by atoms with Gasteiger partial charge in [-0.3, -0.25) is 0 Å². The molecule has 4 N–H and O–H groups in total. The molecule has 0 amide bonds. The number of hydrogen-bond acceptors (Lipinski definition) is 6. The minimum atomic E-state index is -0.158. The fraction of sp³-hybridized carbons (Fsp3) is 0.318. The Hall–Kier alpha value is -3.19. The van der Waals surface area contributed by atoms with Crippen molar-refractivity contribution in [3.05, 3.63) is 54.4 Å². The summed E-state index contributed by atoms with van der Waals surface area (Å²) in [6, 6.07) is 12.7. The zero-order valence-corrected chi connectivity index (χ0v) is 16.1. The molecule has 4 aromatic rings. The molecule has 0 atom stereocenters. The van der Waals surface area contributed by atoms with E-state index in [2.05, 4.69) is 54.8 Å². The van der Waals surface area contributed by atoms with Crippen LogP contribution in [-0.2, 0) is 6.54 Å². The first-order valence-corrected chi connectivity index (χ1v) is 10.1. The van der Waals surface area contributed by atoms with Gasteiger partial charge in [0.15, 0.2) is 5.65 Å². The van der Waals surface area contributed by atoms with Gasteiger partial charge in [-0.2, -0.15) is 0 Å². The van der Waals surface area contributed by atoms with E-state index < -0.39 is 0 Å². The van der Waals surface area contributed by atoms with Crippen LogP contribution in [0.3, 0.4) is 0 Å². The number of aromatic amines is 1. The van der Waals surface area contributed by atoms with E-state index in [0.717, 1.165) is 42.5 Å². The molecule has 0 saturated heterocycles. The van der Waals surface area contributed by atoms with Crippen LogP contribution < -0.4 is 10.6 Å². The van der Waals surface area contributed by atoms with Gasteiger partial charge >= 0.3 is 0 Å². The van der Waals surface area contributed by atoms with Gasteiger partial charge in [0.2, 0.25) is 0 Å². The highest BCUT2D eigenvalue weighted by molar-refractivity contribution is 5.80. The first-order valence-electron chi connectivity index (χ1n) is 10.1. The van der Waals surface area contributed by atoms with E-state index in [-0.39, 0.29) is 6.10 Å². The number of hydrogen-bond donors (Lipinski definition) is 4. The zero-order valence-electron chi connectivity index (χ0n) is 16.1. The van der Waals surface area contributed by atoms with Crippen molar-refractivity contribution in [2.45, 2.75) is 44.4 Å². The summed E-state index contributed by atoms with van der Waals surface area (Å²) in [7, 11) is 0. The lowest BCUT2D eigenvalue weighted by atomic mass is 9.93. The molecule has 0 aliphatic heterocycles. The highest BCUT2D eigenvalue weighted by Gasteiger charge is 2.19. The third kappa shape index (κ3) is 4.00. The van der Waals surface area contributed by atoms with Crippen LogP contribution >= 0.6 is 0 Å². The SMILES string of the molecule is OC1CCC(Nc2ccc3ncc(NCc4ccc5cc[nH]c5c4)nc3n2)CC1. The number of nitrogens with one attached hydrogen (secondary N) is 3. The second kappa shape index (κ2) is 7.67. The minimum absolute atomic E-state index is 0.158. The van der Waals surface area contributed by atoms with Gasteiger partial charge in [-0.15, -0.1) is 0 Å². The van der Waals surface area contributed by atoms with Crippen LogP contribution in [0.4, 0.5) is 11.6 Å². The number of anilines is 2. The van der Waals surface area contributed by atoms with Gasteiger partial charge < -0.3 is 20.7 Å². The average Bonchev–Trinajstić information content (AvgIpc) is 3.21. The molecule has 1 aromatic carbocycles. The number of benzene rings is 1. The summed E-state index contributed by atoms with van der Waals surface area (Å²) in [5.74, 6) is 1.51. The molecular weight excluding hydrogens is 364 g/mol. The van der Waals surface area contributed by atoms with Crippen molar-refractivity contribution in [2.24, 2.45) is 0 Å². The number of pyridine rings is 1. The molecule has 1 saturated carbocycles. The molecule has 29 heavy (non-hydrogen) atoms. The molecule has 3 heterocycles. The second-order valence-corrected chi connectivity index (χ2v) is 7.70. The van der Waals surface area contributed by atoms with E-state index >= 15 is 0 Å². The van der Waals surface area contributed by atoms with Crippen LogP contribution in [0.5, 0.6) is 0 Å². The number of fused-ring (bicyclic) bond motifs is 2. The quantitative estimate of drug-likeness (QED) is 0.415. The topological polar surface area (TPSA) is 98.8 Å². The van der Waals surface area contributed by atoms with E-state index in [1.165, 1.54) is 10.9 Å². The fourth-order valence-electron chi connectivity index (χ4n) is 3.89. The maximum atomic E-state index is 9.67. The van der Waals surface area contributed by atoms with E-state index in [1.807, 2.05) is 18.3 Å². The number of aliphatic hydroxyl groups excluding tert-OH is 1. The number of rotatable bonds is 5. The Morgan fingerprint density at radius 2 is 1.86 bits per heavy atom. The molecule has 5 rings (SSSR count). The monoisotopic (exact) mass is 388 g/mol. The fourth-order valence-corrected chi connectivity index (χ4v) is 3.89. The van der Waals surface area contributed by atoms with Crippen LogP contribution in [0.2, 0.25) is 0 Å². The molecule has 7 heteroatoms. The predicted octanol–water partition coefficient (Wildman–Crippen LogP) is 3.83. The summed E-state index contributed by atoms with van der Waals surface area (Å²) < 4.78 is 0. The summed E-state index contributed by atoms with van der Waals surface area (Å²) >= 11 is 0. The molecule has 0 spiro atoms. The Kier molecular flexibility index (Phi) is 4.73. The van der Waals surface area contributed by atoms with Crippen molar-refractivity contribution in [2.75, 3.05) is 10.6 Å². The van der Waals surface area contributed by atoms with E-state index in [0.29, 0.717) is 24.1 Å². The molecule has 7 nitrogen and oxygen atoms in total. The Balaban J connectivity index is 1.29. The normalized spacial score (nSPS) is 19.5. The van der Waals surface area contributed by atoms with Crippen LogP contribution in [0.1, 0.15) is 31.2 Å². The number of aliphatic hydroxyl groups is 1. The highest BCUT2D eigenvalue weighted by atomic mass is 16.3. The zero-order chi connectivity index (χ0) is 19.6. The van der Waals surface area contributed by atoms with Crippen molar-refractivity contribution in [1.82, 2.24) is 19.9 Å². The maximum absolute atomic E-state index is 9.67. The Morgan fingerprint density at radius 3 is 2.76 bits per heavy atom. The summed E-state index contributed by atoms with van der Waals surface area (Å²) in [5.41, 5.74) is 3.69. The van der Waals surface area contributed by atoms with Gasteiger partial charge in [0.05, 0.1) is 12.3 Å². The smallest absolute Gasteiger partial charge is 0.182 e. The Bertz CT molecular complexity index is 1130. The second-order valence-electron chi connectivity index (χ2n) is 7.70. The van der Waals surface area contributed by atoms with Gasteiger partial charge in [-0.05, 0) is 60.9 Å². The largest absolute Gasteiger partial charge is 0.393 e. The molecule has 1 aliphatic rings. The van der Waals surface area contributed by atoms with Gasteiger partial charge in [0, 0.05) is 24.3 Å². The minimum Gasteiger partial charge on any atom is -0.393 e. The van der Waals surface area contributed by atoms with Crippen molar-refractivity contribution < 1.29 is 5.11 Å². The lowest BCUT2D eigenvalue weighted by Gasteiger charge is -2.26. The van der Waals surface area contributed by atoms with Crippen LogP contribution in [0.15, 0.2) is 48.8 Å². The molecule has 0 radical (unpaired) electrons. The first kappa shape index (κ1) is 17.9. The van der Waals surface area contributed by atoms with Crippen molar-refractivity contribution in [3.63, 3.8) is 0 Å². The standard InChI is InChI=1S/C22H24N6O/c29-17-5-3-16(4-6-17)26-20-8-7-18-22(27-20)28-21(13-24-18)25-12-14-1-2-15-9-10-23-19(15)11-14/h1-2,7-11,13,16-17,23,29H,3-6,12H2,(H2,25,26,27,28). The van der Waals surface area contributed by atoms with E-state index in [9.17, 15) is 5.11 Å². The summed E-state index contributed by atoms with van der Waals surface area (Å²) in [6.45, 7) is 0.664. The number of aromatic nitrogens is 4. The summed E-state index contributed by atoms with van der Waals surface area (Å²) in [4.78, 5) is 17.0. The number of H-pyrrole nitrogens is 1. The van der Waals surface area contributed by atoms with Gasteiger partial charge in [0.1, 0.15) is 17.2 Å². The molecule has 3 aromatic heterocycles. The van der Waals surface area contributed by atoms with E-state index in [1.54, 1.807) is 6.20 Å². The number of nitrogens with zero attached hydrogens (tertiary/aromatic N) is 3. The molecule has 0 unspecified atom stereocenters. The van der Waals surface area contributed by atoms with Crippen molar-refractivity contribution in [3.8, 4) is 0 Å². The molecule has 1 aliphatic carbocycles. The molecule has 1 fully saturated rings. The molecule has 148 valence electrons. The van der Waals surface area contributed by atoms with Crippen LogP contribution in [0.25, 0.3) is 22.1 Å². The summed E-state index contributed by atoms with van der Waals surface area (Å²) in [5, 5.41) is 17.7. The summed E-state index contributed by atoms with van der Waals surface area (Å²) in [6.07, 6.45) is 7.13. The van der Waals surface area contributed by atoms with E-state index in [4.69, 9.17) is 0 Å². The van der Waals surface area contributed by atoms with Crippen molar-refractivity contribution >= 4 is 33.7 Å². The first-order chi connectivity index (χ1) is 14.2. The molecular formula is C22H24N6O. The third-order valence-corrected chi connectivity index (χ3v) is 5.55. The van der Waals surface area contributed by atoms with Crippen molar-refractivity contribution in [1.29, 1.82) is 0 Å². The van der Waals surface area contributed by atoms with Gasteiger partial charge in [-0.25, -0.2) is 15.0 Å². The Labute approximate surface area is 168 Å². The Morgan fingerprint density at radius 1 is 1.00 bits per heavy atom. The van der Waals surface area contributed by atoms with Crippen LogP contribution in [-0.4, -0.2) is 37.2 Å². The van der Waals surface area contributed by atoms with Crippen LogP contribution in [0, 0.1) is 0 Å². The van der Waals surface area contributed by atoms with Gasteiger partial charge in [0.25, 0.3) is 0 Å². The van der Waals surface area contributed by atoms with Gasteiger partial charge in [-0.1, -0.05) is 12.1 Å². The lowest BCUT2D eigenvalue weighted by molar-refractivity contribution is 0.126. The average molecular weight is 388 g/mol. The third-order valence-electron chi connectivity index (χ3n) is 5.55.